The van der Waals surface area contributed by atoms with Crippen molar-refractivity contribution >= 4 is 12.0 Å². The number of hydrogen-bond donors (Lipinski definition) is 2. The van der Waals surface area contributed by atoms with Gasteiger partial charge in [-0.25, -0.2) is 4.79 Å². The predicted octanol–water partition coefficient (Wildman–Crippen LogP) is 1.47. The number of amides is 2. The van der Waals surface area contributed by atoms with Crippen molar-refractivity contribution in [2.45, 2.75) is 39.3 Å². The number of rotatable bonds is 4. The number of likely N-dealkylation sites (tertiary alicyclic amines) is 1. The van der Waals surface area contributed by atoms with Gasteiger partial charge in [0.15, 0.2) is 0 Å². The second-order valence-corrected chi connectivity index (χ2v) is 5.66. The number of nitrogens with one attached hydrogen (secondary N) is 1. The monoisotopic (exact) mass is 294 g/mol. The largest absolute Gasteiger partial charge is 0.481 e. The van der Waals surface area contributed by atoms with Gasteiger partial charge in [-0.3, -0.25) is 9.48 Å². The number of carbonyl (C=O) groups is 2. The fourth-order valence-electron chi connectivity index (χ4n) is 2.40. The molecule has 1 aromatic rings. The van der Waals surface area contributed by atoms with Gasteiger partial charge in [-0.15, -0.1) is 0 Å². The number of carboxylic acids is 1. The molecule has 1 fully saturated rings. The van der Waals surface area contributed by atoms with E-state index < -0.39 is 11.9 Å². The summed E-state index contributed by atoms with van der Waals surface area (Å²) in [4.78, 5) is 24.6. The van der Waals surface area contributed by atoms with E-state index in [9.17, 15) is 9.59 Å². The maximum Gasteiger partial charge on any atom is 0.317 e. The second kappa shape index (κ2) is 6.60. The molecule has 116 valence electrons. The van der Waals surface area contributed by atoms with Crippen molar-refractivity contribution in [3.8, 4) is 0 Å². The van der Waals surface area contributed by atoms with Crippen molar-refractivity contribution < 1.29 is 14.7 Å². The molecular formula is C14H22N4O3. The Hall–Kier alpha value is -2.05. The van der Waals surface area contributed by atoms with Gasteiger partial charge in [0.05, 0.1) is 18.2 Å². The van der Waals surface area contributed by atoms with E-state index in [1.165, 1.54) is 0 Å². The van der Waals surface area contributed by atoms with Gasteiger partial charge in [0.2, 0.25) is 0 Å². The minimum Gasteiger partial charge on any atom is -0.481 e. The number of urea groups is 1. The lowest BCUT2D eigenvalue weighted by Gasteiger charge is -2.30. The zero-order valence-corrected chi connectivity index (χ0v) is 12.5. The molecule has 7 heteroatoms. The smallest absolute Gasteiger partial charge is 0.317 e. The average Bonchev–Trinajstić information content (AvgIpc) is 2.94. The first-order chi connectivity index (χ1) is 9.97. The minimum atomic E-state index is -0.830. The molecular weight excluding hydrogens is 272 g/mol. The van der Waals surface area contributed by atoms with Crippen LogP contribution < -0.4 is 5.32 Å². The normalized spacial score (nSPS) is 18.8. The quantitative estimate of drug-likeness (QED) is 0.880. The maximum absolute atomic E-state index is 12.1. The van der Waals surface area contributed by atoms with Crippen molar-refractivity contribution in [3.63, 3.8) is 0 Å². The maximum atomic E-state index is 12.1. The van der Waals surface area contributed by atoms with E-state index in [1.54, 1.807) is 4.90 Å². The molecule has 2 rings (SSSR count). The summed E-state index contributed by atoms with van der Waals surface area (Å²) in [6, 6.07) is 1.93. The van der Waals surface area contributed by atoms with Crippen LogP contribution in [0.3, 0.4) is 0 Å². The third-order valence-corrected chi connectivity index (χ3v) is 3.67. The number of piperidine rings is 1. The van der Waals surface area contributed by atoms with Crippen molar-refractivity contribution in [1.29, 1.82) is 0 Å². The van der Waals surface area contributed by atoms with Crippen LogP contribution in [0.5, 0.6) is 0 Å². The summed E-state index contributed by atoms with van der Waals surface area (Å²) in [5, 5.41) is 16.2. The Morgan fingerprint density at radius 1 is 1.52 bits per heavy atom. The highest BCUT2D eigenvalue weighted by Gasteiger charge is 2.27. The molecule has 1 aliphatic heterocycles. The summed E-state index contributed by atoms with van der Waals surface area (Å²) in [6.45, 7) is 5.31. The zero-order chi connectivity index (χ0) is 15.4. The van der Waals surface area contributed by atoms with E-state index >= 15 is 0 Å². The van der Waals surface area contributed by atoms with Crippen LogP contribution in [0.15, 0.2) is 12.3 Å². The minimum absolute atomic E-state index is 0.222. The molecule has 1 saturated heterocycles. The van der Waals surface area contributed by atoms with Crippen LogP contribution in [-0.2, 0) is 11.3 Å². The highest BCUT2D eigenvalue weighted by atomic mass is 16.4. The van der Waals surface area contributed by atoms with Gasteiger partial charge < -0.3 is 15.3 Å². The van der Waals surface area contributed by atoms with E-state index in [0.29, 0.717) is 19.5 Å². The van der Waals surface area contributed by atoms with E-state index in [-0.39, 0.29) is 18.6 Å². The molecule has 2 N–H and O–H groups in total. The van der Waals surface area contributed by atoms with Gasteiger partial charge in [0.25, 0.3) is 0 Å². The van der Waals surface area contributed by atoms with E-state index in [0.717, 1.165) is 12.1 Å². The molecule has 7 nitrogen and oxygen atoms in total. The molecule has 0 aliphatic carbocycles. The van der Waals surface area contributed by atoms with Gasteiger partial charge in [0.1, 0.15) is 0 Å². The van der Waals surface area contributed by atoms with Crippen LogP contribution in [0.25, 0.3) is 0 Å². The van der Waals surface area contributed by atoms with Crippen LogP contribution in [0, 0.1) is 5.92 Å². The Labute approximate surface area is 123 Å². The molecule has 0 radical (unpaired) electrons. The lowest BCUT2D eigenvalue weighted by atomic mass is 9.99. The van der Waals surface area contributed by atoms with Crippen molar-refractivity contribution in [1.82, 2.24) is 20.0 Å². The standard InChI is InChI=1S/C14H22N4O3/c1-10(2)18-7-5-12(16-18)8-15-14(21)17-6-3-4-11(9-17)13(19)20/h5,7,10-11H,3-4,6,8-9H2,1-2H3,(H,15,21)(H,19,20). The number of nitrogens with zero attached hydrogens (tertiary/aromatic N) is 3. The van der Waals surface area contributed by atoms with Gasteiger partial charge in [-0.2, -0.15) is 5.10 Å². The lowest BCUT2D eigenvalue weighted by Crippen LogP contribution is -2.46. The fourth-order valence-corrected chi connectivity index (χ4v) is 2.40. The Bertz CT molecular complexity index is 512. The number of aliphatic carboxylic acids is 1. The van der Waals surface area contributed by atoms with Gasteiger partial charge in [-0.1, -0.05) is 0 Å². The first kappa shape index (κ1) is 15.3. The van der Waals surface area contributed by atoms with Crippen LogP contribution >= 0.6 is 0 Å². The summed E-state index contributed by atoms with van der Waals surface area (Å²) < 4.78 is 1.84. The summed E-state index contributed by atoms with van der Waals surface area (Å²) in [6.07, 6.45) is 3.25. The van der Waals surface area contributed by atoms with Crippen molar-refractivity contribution in [2.75, 3.05) is 13.1 Å². The predicted molar refractivity (Wildman–Crippen MR) is 76.8 cm³/mol. The second-order valence-electron chi connectivity index (χ2n) is 5.66. The SMILES string of the molecule is CC(C)n1ccc(CNC(=O)N2CCCC(C(=O)O)C2)n1. The molecule has 0 saturated carbocycles. The average molecular weight is 294 g/mol. The third-order valence-electron chi connectivity index (χ3n) is 3.67. The third kappa shape index (κ3) is 3.96. The number of hydrogen-bond acceptors (Lipinski definition) is 3. The highest BCUT2D eigenvalue weighted by molar-refractivity contribution is 5.76. The number of aromatic nitrogens is 2. The van der Waals surface area contributed by atoms with Crippen LogP contribution in [0.4, 0.5) is 4.79 Å². The molecule has 1 atom stereocenters. The Morgan fingerprint density at radius 2 is 2.29 bits per heavy atom. The molecule has 2 heterocycles. The van der Waals surface area contributed by atoms with E-state index in [1.807, 2.05) is 30.8 Å². The first-order valence-corrected chi connectivity index (χ1v) is 7.27. The molecule has 1 unspecified atom stereocenters. The van der Waals surface area contributed by atoms with Crippen molar-refractivity contribution in [2.24, 2.45) is 5.92 Å². The van der Waals surface area contributed by atoms with Gasteiger partial charge >= 0.3 is 12.0 Å². The van der Waals surface area contributed by atoms with Gasteiger partial charge in [0, 0.05) is 25.3 Å². The summed E-state index contributed by atoms with van der Waals surface area (Å²) in [5.41, 5.74) is 0.795. The highest BCUT2D eigenvalue weighted by Crippen LogP contribution is 2.16. The topological polar surface area (TPSA) is 87.5 Å². The molecule has 0 aromatic carbocycles. The van der Waals surface area contributed by atoms with Crippen LogP contribution in [-0.4, -0.2) is 44.9 Å². The van der Waals surface area contributed by atoms with E-state index in [4.69, 9.17) is 5.11 Å². The Morgan fingerprint density at radius 3 is 2.90 bits per heavy atom. The fraction of sp³-hybridized carbons (Fsp3) is 0.643. The number of carboxylic acid groups (broad SMARTS) is 1. The molecule has 1 aromatic heterocycles. The molecule has 0 bridgehead atoms. The summed E-state index contributed by atoms with van der Waals surface area (Å²) in [7, 11) is 0. The molecule has 0 spiro atoms. The summed E-state index contributed by atoms with van der Waals surface area (Å²) >= 11 is 0. The first-order valence-electron chi connectivity index (χ1n) is 7.27. The zero-order valence-electron chi connectivity index (χ0n) is 12.5. The van der Waals surface area contributed by atoms with Crippen LogP contribution in [0.1, 0.15) is 38.4 Å². The van der Waals surface area contributed by atoms with Crippen LogP contribution in [0.2, 0.25) is 0 Å². The molecule has 1 aliphatic rings. The Kier molecular flexibility index (Phi) is 4.82. The summed E-state index contributed by atoms with van der Waals surface area (Å²) in [5.74, 6) is -1.28. The lowest BCUT2D eigenvalue weighted by molar-refractivity contribution is -0.143. The van der Waals surface area contributed by atoms with E-state index in [2.05, 4.69) is 10.4 Å². The molecule has 21 heavy (non-hydrogen) atoms. The number of carbonyl (C=O) groups excluding carboxylic acids is 1. The van der Waals surface area contributed by atoms with Gasteiger partial charge in [-0.05, 0) is 32.8 Å². The molecule has 2 amide bonds. The van der Waals surface area contributed by atoms with Crippen molar-refractivity contribution in [3.05, 3.63) is 18.0 Å². The Balaban J connectivity index is 1.84.